The van der Waals surface area contributed by atoms with Crippen LogP contribution in [0.4, 0.5) is 0 Å². The van der Waals surface area contributed by atoms with Gasteiger partial charge in [0.15, 0.2) is 0 Å². The molecule has 1 unspecified atom stereocenters. The number of nitrogens with one attached hydrogen (secondary N) is 1. The molecule has 0 radical (unpaired) electrons. The van der Waals surface area contributed by atoms with Gasteiger partial charge in [0.25, 0.3) is 0 Å². The van der Waals surface area contributed by atoms with E-state index in [2.05, 4.69) is 34.5 Å². The highest BCUT2D eigenvalue weighted by molar-refractivity contribution is 7.17. The van der Waals surface area contributed by atoms with Crippen LogP contribution in [0.25, 0.3) is 10.2 Å². The molecule has 1 atom stereocenters. The molecule has 0 aliphatic carbocycles. The minimum absolute atomic E-state index is 0.0461. The van der Waals surface area contributed by atoms with Crippen molar-refractivity contribution in [3.63, 3.8) is 0 Å². The van der Waals surface area contributed by atoms with Gasteiger partial charge in [0.1, 0.15) is 23.7 Å². The Hall–Kier alpha value is -1.24. The summed E-state index contributed by atoms with van der Waals surface area (Å²) >= 11 is 1.62. The number of aromatic nitrogens is 2. The van der Waals surface area contributed by atoms with E-state index in [0.717, 1.165) is 28.9 Å². The van der Waals surface area contributed by atoms with Crippen LogP contribution in [0.3, 0.4) is 0 Å². The van der Waals surface area contributed by atoms with Crippen LogP contribution in [0.2, 0.25) is 0 Å². The number of thiophene rings is 1. The van der Waals surface area contributed by atoms with E-state index < -0.39 is 0 Å². The fourth-order valence-electron chi connectivity index (χ4n) is 2.38. The molecule has 1 fully saturated rings. The maximum Gasteiger partial charge on any atom is 0.234 e. The molecule has 3 rings (SSSR count). The minimum atomic E-state index is -0.146. The fraction of sp³-hybridized carbons (Fsp3) is 0.571. The zero-order valence-corrected chi connectivity index (χ0v) is 12.8. The van der Waals surface area contributed by atoms with Gasteiger partial charge in [-0.25, -0.2) is 9.97 Å². The zero-order valence-electron chi connectivity index (χ0n) is 12.0. The number of hydrogen-bond acceptors (Lipinski definition) is 6. The molecule has 3 heterocycles. The first-order valence-electron chi connectivity index (χ1n) is 6.75. The summed E-state index contributed by atoms with van der Waals surface area (Å²) in [7, 11) is 0. The second kappa shape index (κ2) is 5.27. The molecule has 2 aromatic heterocycles. The average molecular weight is 293 g/mol. The lowest BCUT2D eigenvalue weighted by Crippen LogP contribution is -2.52. The van der Waals surface area contributed by atoms with Gasteiger partial charge in [0.05, 0.1) is 11.1 Å². The van der Waals surface area contributed by atoms with E-state index in [1.807, 2.05) is 6.92 Å². The molecule has 0 saturated carbocycles. The van der Waals surface area contributed by atoms with Gasteiger partial charge in [-0.1, -0.05) is 0 Å². The molecule has 0 amide bonds. The Bertz CT molecular complexity index is 611. The van der Waals surface area contributed by atoms with Crippen molar-refractivity contribution in [3.8, 4) is 5.88 Å². The topological polar surface area (TPSA) is 56.3 Å². The molecule has 5 nitrogen and oxygen atoms in total. The Morgan fingerprint density at radius 3 is 3.15 bits per heavy atom. The van der Waals surface area contributed by atoms with Gasteiger partial charge in [-0.3, -0.25) is 0 Å². The summed E-state index contributed by atoms with van der Waals surface area (Å²) in [6.45, 7) is 8.38. The summed E-state index contributed by atoms with van der Waals surface area (Å²) in [5.74, 6) is 0.653. The lowest BCUT2D eigenvalue weighted by molar-refractivity contribution is -0.107. The third kappa shape index (κ3) is 2.77. The fourth-order valence-corrected chi connectivity index (χ4v) is 3.33. The van der Waals surface area contributed by atoms with Crippen LogP contribution in [0.5, 0.6) is 5.88 Å². The highest BCUT2D eigenvalue weighted by atomic mass is 32.1. The van der Waals surface area contributed by atoms with E-state index in [4.69, 9.17) is 9.47 Å². The molecule has 1 aliphatic rings. The Kier molecular flexibility index (Phi) is 3.62. The molecule has 0 bridgehead atoms. The smallest absolute Gasteiger partial charge is 0.234 e. The number of rotatable bonds is 3. The van der Waals surface area contributed by atoms with Gasteiger partial charge in [-0.05, 0) is 31.7 Å². The molecular weight excluding hydrogens is 274 g/mol. The Balaban J connectivity index is 1.71. The number of morpholine rings is 1. The summed E-state index contributed by atoms with van der Waals surface area (Å²) in [4.78, 5) is 8.54. The molecule has 1 saturated heterocycles. The summed E-state index contributed by atoms with van der Waals surface area (Å²) < 4.78 is 12.9. The van der Waals surface area contributed by atoms with Crippen LogP contribution in [0, 0.1) is 6.92 Å². The summed E-state index contributed by atoms with van der Waals surface area (Å²) in [5.41, 5.74) is 1.99. The van der Waals surface area contributed by atoms with Gasteiger partial charge >= 0.3 is 0 Å². The molecule has 0 spiro atoms. The van der Waals surface area contributed by atoms with Crippen molar-refractivity contribution in [2.24, 2.45) is 0 Å². The van der Waals surface area contributed by atoms with Crippen LogP contribution in [-0.4, -0.2) is 41.4 Å². The van der Waals surface area contributed by atoms with Gasteiger partial charge < -0.3 is 14.8 Å². The molecular formula is C14H19N3O2S. The van der Waals surface area contributed by atoms with Gasteiger partial charge in [0, 0.05) is 13.1 Å². The number of hydrogen-bond donors (Lipinski definition) is 1. The standard InChI is InChI=1S/C14H19N3O2S/c1-9-6-20-12-11(9)16-8-17-13(12)18-5-10-4-15-7-14(2,3)19-10/h6,8,10,15H,4-5,7H2,1-3H3. The quantitative estimate of drug-likeness (QED) is 0.939. The van der Waals surface area contributed by atoms with Gasteiger partial charge in [-0.15, -0.1) is 11.3 Å². The zero-order chi connectivity index (χ0) is 14.2. The van der Waals surface area contributed by atoms with Crippen molar-refractivity contribution in [2.75, 3.05) is 19.7 Å². The molecule has 20 heavy (non-hydrogen) atoms. The molecule has 1 N–H and O–H groups in total. The lowest BCUT2D eigenvalue weighted by Gasteiger charge is -2.36. The predicted octanol–water partition coefficient (Wildman–Crippen LogP) is 2.15. The second-order valence-corrected chi connectivity index (χ2v) is 6.60. The maximum absolute atomic E-state index is 5.99. The largest absolute Gasteiger partial charge is 0.474 e. The van der Waals surface area contributed by atoms with E-state index in [-0.39, 0.29) is 11.7 Å². The molecule has 108 valence electrons. The van der Waals surface area contributed by atoms with Crippen LogP contribution < -0.4 is 10.1 Å². The molecule has 2 aromatic rings. The van der Waals surface area contributed by atoms with Crippen LogP contribution in [0.15, 0.2) is 11.7 Å². The van der Waals surface area contributed by atoms with Crippen LogP contribution in [0.1, 0.15) is 19.4 Å². The van der Waals surface area contributed by atoms with Gasteiger partial charge in [0.2, 0.25) is 5.88 Å². The van der Waals surface area contributed by atoms with E-state index in [0.29, 0.717) is 12.5 Å². The SMILES string of the molecule is Cc1csc2c(OCC3CNCC(C)(C)O3)ncnc12. The molecule has 1 aliphatic heterocycles. The van der Waals surface area contributed by atoms with Crippen molar-refractivity contribution in [3.05, 3.63) is 17.3 Å². The van der Waals surface area contributed by atoms with E-state index in [1.54, 1.807) is 17.7 Å². The summed E-state index contributed by atoms with van der Waals surface area (Å²) in [6.07, 6.45) is 1.60. The number of nitrogens with zero attached hydrogens (tertiary/aromatic N) is 2. The van der Waals surface area contributed by atoms with Crippen molar-refractivity contribution in [2.45, 2.75) is 32.5 Å². The number of fused-ring (bicyclic) bond motifs is 1. The van der Waals surface area contributed by atoms with Crippen molar-refractivity contribution < 1.29 is 9.47 Å². The second-order valence-electron chi connectivity index (χ2n) is 5.72. The predicted molar refractivity (Wildman–Crippen MR) is 79.5 cm³/mol. The van der Waals surface area contributed by atoms with Crippen molar-refractivity contribution in [1.29, 1.82) is 0 Å². The van der Waals surface area contributed by atoms with E-state index in [9.17, 15) is 0 Å². The molecule has 6 heteroatoms. The first-order valence-corrected chi connectivity index (χ1v) is 7.63. The number of ether oxygens (including phenoxy) is 2. The normalized spacial score (nSPS) is 22.1. The van der Waals surface area contributed by atoms with E-state index >= 15 is 0 Å². The highest BCUT2D eigenvalue weighted by Crippen LogP contribution is 2.30. The monoisotopic (exact) mass is 293 g/mol. The summed E-state index contributed by atoms with van der Waals surface area (Å²) in [5, 5.41) is 5.44. The third-order valence-electron chi connectivity index (χ3n) is 3.31. The van der Waals surface area contributed by atoms with Gasteiger partial charge in [-0.2, -0.15) is 0 Å². The average Bonchev–Trinajstić information content (AvgIpc) is 2.78. The maximum atomic E-state index is 5.99. The van der Waals surface area contributed by atoms with Crippen molar-refractivity contribution in [1.82, 2.24) is 15.3 Å². The Labute approximate surface area is 122 Å². The summed E-state index contributed by atoms with van der Waals surface area (Å²) in [6, 6.07) is 0. The van der Waals surface area contributed by atoms with Crippen LogP contribution >= 0.6 is 11.3 Å². The third-order valence-corrected chi connectivity index (χ3v) is 4.39. The number of aryl methyl sites for hydroxylation is 1. The van der Waals surface area contributed by atoms with Crippen molar-refractivity contribution >= 4 is 21.6 Å². The first-order chi connectivity index (χ1) is 9.55. The Morgan fingerprint density at radius 2 is 2.35 bits per heavy atom. The highest BCUT2D eigenvalue weighted by Gasteiger charge is 2.28. The van der Waals surface area contributed by atoms with Crippen LogP contribution in [-0.2, 0) is 4.74 Å². The van der Waals surface area contributed by atoms with E-state index in [1.165, 1.54) is 0 Å². The minimum Gasteiger partial charge on any atom is -0.474 e. The lowest BCUT2D eigenvalue weighted by atomic mass is 10.1. The molecule has 0 aromatic carbocycles. The Morgan fingerprint density at radius 1 is 1.50 bits per heavy atom. The first kappa shape index (κ1) is 13.7.